The van der Waals surface area contributed by atoms with Gasteiger partial charge in [-0.05, 0) is 75.4 Å². The molecule has 0 saturated carbocycles. The van der Waals surface area contributed by atoms with Crippen molar-refractivity contribution in [2.45, 2.75) is 64.7 Å². The second kappa shape index (κ2) is 7.64. The summed E-state index contributed by atoms with van der Waals surface area (Å²) in [6.07, 6.45) is 7.53. The molecule has 0 atom stereocenters. The number of hydrogen-bond acceptors (Lipinski definition) is 6. The van der Waals surface area contributed by atoms with Crippen LogP contribution in [0.1, 0.15) is 59.7 Å². The van der Waals surface area contributed by atoms with Crippen LogP contribution in [0.15, 0.2) is 11.1 Å². The van der Waals surface area contributed by atoms with Crippen molar-refractivity contribution in [2.75, 3.05) is 0 Å². The quantitative estimate of drug-likeness (QED) is 0.795. The summed E-state index contributed by atoms with van der Waals surface area (Å²) < 4.78 is 4.33. The number of allylic oxidation sites excluding steroid dienone is 1. The van der Waals surface area contributed by atoms with Gasteiger partial charge < -0.3 is 5.11 Å². The number of carboxylic acids is 1. The molecule has 5 nitrogen and oxygen atoms in total. The number of fused-ring (bicyclic) bond motifs is 1. The topological polar surface area (TPSA) is 80.2 Å². The highest BCUT2D eigenvalue weighted by Gasteiger charge is 2.28. The lowest BCUT2D eigenvalue weighted by Gasteiger charge is -2.16. The predicted molar refractivity (Wildman–Crippen MR) is 106 cm³/mol. The first-order valence-corrected chi connectivity index (χ1v) is 11.1. The summed E-state index contributed by atoms with van der Waals surface area (Å²) in [5, 5.41) is 10.4. The number of Topliss-reactive ketones (excluding diaryl/α,β-unsaturated/α-hetero) is 1. The van der Waals surface area contributed by atoms with E-state index in [1.165, 1.54) is 28.4 Å². The highest BCUT2D eigenvalue weighted by Crippen LogP contribution is 2.42. The molecule has 27 heavy (non-hydrogen) atoms. The van der Waals surface area contributed by atoms with Crippen LogP contribution in [0.5, 0.6) is 0 Å². The number of carbonyl (C=O) groups excluding carboxylic acids is 1. The van der Waals surface area contributed by atoms with E-state index < -0.39 is 5.97 Å². The molecule has 2 aromatic heterocycles. The van der Waals surface area contributed by atoms with Crippen molar-refractivity contribution in [3.05, 3.63) is 32.3 Å². The number of rotatable bonds is 5. The summed E-state index contributed by atoms with van der Waals surface area (Å²) in [6.45, 7) is 1.88. The fourth-order valence-electron chi connectivity index (χ4n) is 4.10. The minimum Gasteiger partial charge on any atom is -0.478 e. The Morgan fingerprint density at radius 1 is 1.04 bits per heavy atom. The molecule has 0 amide bonds. The lowest BCUT2D eigenvalue weighted by Crippen LogP contribution is -2.17. The molecule has 2 heterocycles. The molecule has 2 aliphatic carbocycles. The van der Waals surface area contributed by atoms with E-state index in [1.807, 2.05) is 6.92 Å². The number of nitrogens with zero attached hydrogens (tertiary/aromatic N) is 2. The maximum absolute atomic E-state index is 13.0. The van der Waals surface area contributed by atoms with Crippen LogP contribution in [0.25, 0.3) is 10.6 Å². The number of hydrogen-bond donors (Lipinski definition) is 1. The average molecular weight is 403 g/mol. The third kappa shape index (κ3) is 3.62. The largest absolute Gasteiger partial charge is 0.478 e. The summed E-state index contributed by atoms with van der Waals surface area (Å²) in [5.41, 5.74) is 3.28. The van der Waals surface area contributed by atoms with E-state index in [0.29, 0.717) is 24.0 Å². The van der Waals surface area contributed by atoms with Crippen molar-refractivity contribution in [2.24, 2.45) is 0 Å². The Bertz CT molecular complexity index is 939. The van der Waals surface area contributed by atoms with E-state index in [-0.39, 0.29) is 12.2 Å². The summed E-state index contributed by atoms with van der Waals surface area (Å²) in [4.78, 5) is 31.6. The van der Waals surface area contributed by atoms with Crippen molar-refractivity contribution < 1.29 is 14.7 Å². The van der Waals surface area contributed by atoms with Crippen LogP contribution in [-0.2, 0) is 28.9 Å². The molecule has 0 unspecified atom stereocenters. The van der Waals surface area contributed by atoms with Crippen molar-refractivity contribution in [3.63, 3.8) is 0 Å². The number of aryl methyl sites for hydroxylation is 2. The van der Waals surface area contributed by atoms with E-state index in [1.54, 1.807) is 11.3 Å². The minimum atomic E-state index is -0.941. The maximum atomic E-state index is 13.0. The van der Waals surface area contributed by atoms with Gasteiger partial charge in [0.1, 0.15) is 10.8 Å². The number of aromatic nitrogens is 2. The van der Waals surface area contributed by atoms with Gasteiger partial charge in [0.15, 0.2) is 5.78 Å². The van der Waals surface area contributed by atoms with Gasteiger partial charge in [-0.2, -0.15) is 4.37 Å². The Hall–Kier alpha value is -1.86. The monoisotopic (exact) mass is 402 g/mol. The Balaban J connectivity index is 1.73. The zero-order chi connectivity index (χ0) is 19.0. The van der Waals surface area contributed by atoms with E-state index >= 15 is 0 Å². The first-order valence-electron chi connectivity index (χ1n) is 9.47. The van der Waals surface area contributed by atoms with Crippen molar-refractivity contribution >= 4 is 34.6 Å². The van der Waals surface area contributed by atoms with Crippen LogP contribution >= 0.6 is 22.9 Å². The van der Waals surface area contributed by atoms with Gasteiger partial charge in [-0.3, -0.25) is 4.79 Å². The molecule has 0 aliphatic heterocycles. The summed E-state index contributed by atoms with van der Waals surface area (Å²) in [5.74, 6) is -0.220. The Morgan fingerprint density at radius 2 is 1.74 bits per heavy atom. The zero-order valence-corrected chi connectivity index (χ0v) is 17.0. The number of thiophene rings is 1. The first kappa shape index (κ1) is 18.5. The molecule has 0 radical (unpaired) electrons. The lowest BCUT2D eigenvalue weighted by atomic mass is 9.87. The standard InChI is InChI=1S/C20H22N2O3S2/c1-11-21-19(27-22-11)18-14-8-4-5-9-16(14)26-17(18)10-15(23)12-6-2-3-7-13(12)20(24)25/h2-10H2,1H3,(H,24,25). The molecule has 0 saturated heterocycles. The number of carboxylic acid groups (broad SMARTS) is 1. The molecule has 2 aliphatic rings. The molecule has 0 aromatic carbocycles. The second-order valence-corrected chi connectivity index (χ2v) is 9.17. The predicted octanol–water partition coefficient (Wildman–Crippen LogP) is 4.52. The van der Waals surface area contributed by atoms with Crippen molar-refractivity contribution in [3.8, 4) is 10.6 Å². The third-order valence-electron chi connectivity index (χ3n) is 5.37. The summed E-state index contributed by atoms with van der Waals surface area (Å²) >= 11 is 3.11. The fraction of sp³-hybridized carbons (Fsp3) is 0.500. The van der Waals surface area contributed by atoms with Gasteiger partial charge in [-0.1, -0.05) is 0 Å². The lowest BCUT2D eigenvalue weighted by molar-refractivity contribution is -0.133. The van der Waals surface area contributed by atoms with E-state index in [2.05, 4.69) is 9.36 Å². The van der Waals surface area contributed by atoms with Crippen LogP contribution in [0.2, 0.25) is 0 Å². The Morgan fingerprint density at radius 3 is 2.44 bits per heavy atom. The van der Waals surface area contributed by atoms with E-state index in [4.69, 9.17) is 0 Å². The Kier molecular flexibility index (Phi) is 5.23. The van der Waals surface area contributed by atoms with Gasteiger partial charge in [-0.25, -0.2) is 9.78 Å². The van der Waals surface area contributed by atoms with Gasteiger partial charge in [0, 0.05) is 32.9 Å². The highest BCUT2D eigenvalue weighted by molar-refractivity contribution is 7.14. The number of aliphatic carboxylic acids is 1. The van der Waals surface area contributed by atoms with Gasteiger partial charge in [0.05, 0.1) is 0 Å². The highest BCUT2D eigenvalue weighted by atomic mass is 32.1. The summed E-state index contributed by atoms with van der Waals surface area (Å²) in [6, 6.07) is 0. The molecule has 0 spiro atoms. The van der Waals surface area contributed by atoms with Gasteiger partial charge in [0.25, 0.3) is 0 Å². The number of carbonyl (C=O) groups is 2. The molecule has 1 N–H and O–H groups in total. The molecule has 0 fully saturated rings. The average Bonchev–Trinajstić information content (AvgIpc) is 3.24. The van der Waals surface area contributed by atoms with E-state index in [9.17, 15) is 14.7 Å². The van der Waals surface area contributed by atoms with Gasteiger partial charge >= 0.3 is 5.97 Å². The van der Waals surface area contributed by atoms with Gasteiger partial charge in [-0.15, -0.1) is 11.3 Å². The SMILES string of the molecule is Cc1nsc(-c2c(CC(=O)C3=C(C(=O)O)CCCC3)sc3c2CCCC3)n1. The summed E-state index contributed by atoms with van der Waals surface area (Å²) in [7, 11) is 0. The van der Waals surface area contributed by atoms with Crippen LogP contribution < -0.4 is 0 Å². The first-order chi connectivity index (χ1) is 13.0. The van der Waals surface area contributed by atoms with Crippen LogP contribution in [0.3, 0.4) is 0 Å². The molecule has 142 valence electrons. The number of ketones is 1. The van der Waals surface area contributed by atoms with Crippen molar-refractivity contribution in [1.82, 2.24) is 9.36 Å². The van der Waals surface area contributed by atoms with Gasteiger partial charge in [0.2, 0.25) is 0 Å². The second-order valence-electron chi connectivity index (χ2n) is 7.23. The molecular formula is C20H22N2O3S2. The zero-order valence-electron chi connectivity index (χ0n) is 15.3. The van der Waals surface area contributed by atoms with Crippen LogP contribution in [0.4, 0.5) is 0 Å². The van der Waals surface area contributed by atoms with E-state index in [0.717, 1.165) is 53.4 Å². The molecule has 4 rings (SSSR count). The van der Waals surface area contributed by atoms with Crippen LogP contribution in [0, 0.1) is 6.92 Å². The molecular weight excluding hydrogens is 380 g/mol. The molecule has 2 aromatic rings. The van der Waals surface area contributed by atoms with Crippen LogP contribution in [-0.4, -0.2) is 26.2 Å². The molecule has 7 heteroatoms. The third-order valence-corrected chi connectivity index (χ3v) is 7.48. The minimum absolute atomic E-state index is 0.0341. The normalized spacial score (nSPS) is 17.1. The Labute approximate surface area is 166 Å². The molecule has 0 bridgehead atoms. The smallest absolute Gasteiger partial charge is 0.331 e. The maximum Gasteiger partial charge on any atom is 0.331 e. The van der Waals surface area contributed by atoms with Crippen molar-refractivity contribution in [1.29, 1.82) is 0 Å². The fourth-order valence-corrected chi connectivity index (χ4v) is 6.33.